The van der Waals surface area contributed by atoms with Crippen LogP contribution in [0.15, 0.2) is 11.6 Å². The van der Waals surface area contributed by atoms with Crippen LogP contribution < -0.4 is 10.6 Å². The average molecular weight is 279 g/mol. The van der Waals surface area contributed by atoms with Gasteiger partial charge in [-0.2, -0.15) is 0 Å². The summed E-state index contributed by atoms with van der Waals surface area (Å²) in [4.78, 5) is 4.36. The summed E-state index contributed by atoms with van der Waals surface area (Å²) in [6.45, 7) is 2.31. The maximum Gasteiger partial charge on any atom is 0.0937 e. The lowest BCUT2D eigenvalue weighted by Crippen LogP contribution is -2.47. The summed E-state index contributed by atoms with van der Waals surface area (Å²) in [6, 6.07) is 1.50. The Balaban J connectivity index is 1.46. The van der Waals surface area contributed by atoms with Crippen molar-refractivity contribution in [2.75, 3.05) is 13.1 Å². The number of piperidine rings is 1. The van der Waals surface area contributed by atoms with Crippen LogP contribution in [0.25, 0.3) is 0 Å². The second-order valence-electron chi connectivity index (χ2n) is 5.89. The fourth-order valence-electron chi connectivity index (χ4n) is 3.71. The molecule has 3 unspecified atom stereocenters. The second kappa shape index (κ2) is 6.82. The van der Waals surface area contributed by atoms with Crippen LogP contribution in [0.1, 0.15) is 43.5 Å². The van der Waals surface area contributed by atoms with E-state index in [1.165, 1.54) is 50.1 Å². The van der Waals surface area contributed by atoms with Gasteiger partial charge in [0.25, 0.3) is 0 Å². The van der Waals surface area contributed by atoms with Gasteiger partial charge in [0.05, 0.1) is 5.01 Å². The summed E-state index contributed by atoms with van der Waals surface area (Å²) >= 11 is 1.77. The first-order chi connectivity index (χ1) is 9.43. The van der Waals surface area contributed by atoms with Crippen LogP contribution in [0.4, 0.5) is 0 Å². The first kappa shape index (κ1) is 13.5. The molecule has 1 aliphatic carbocycles. The van der Waals surface area contributed by atoms with E-state index in [4.69, 9.17) is 0 Å². The summed E-state index contributed by atoms with van der Waals surface area (Å²) in [5.41, 5.74) is 0. The van der Waals surface area contributed by atoms with Gasteiger partial charge in [-0.15, -0.1) is 11.3 Å². The van der Waals surface area contributed by atoms with Gasteiger partial charge in [-0.25, -0.2) is 4.98 Å². The zero-order chi connectivity index (χ0) is 12.9. The molecule has 2 aliphatic rings. The zero-order valence-corrected chi connectivity index (χ0v) is 12.4. The van der Waals surface area contributed by atoms with Crippen LogP contribution in [-0.4, -0.2) is 30.2 Å². The van der Waals surface area contributed by atoms with Crippen LogP contribution in [0.5, 0.6) is 0 Å². The SMILES string of the molecule is c1csc(CCNC2CCCC2C2CCCCN2)n1. The molecule has 3 atom stereocenters. The molecule has 2 heterocycles. The molecule has 3 rings (SSSR count). The molecule has 1 saturated carbocycles. The van der Waals surface area contributed by atoms with Gasteiger partial charge in [-0.1, -0.05) is 12.8 Å². The summed E-state index contributed by atoms with van der Waals surface area (Å²) in [7, 11) is 0. The number of rotatable bonds is 5. The molecular formula is C15H25N3S. The lowest BCUT2D eigenvalue weighted by molar-refractivity contribution is 0.258. The average Bonchev–Trinajstić information content (AvgIpc) is 3.11. The Morgan fingerprint density at radius 2 is 2.26 bits per heavy atom. The predicted molar refractivity (Wildman–Crippen MR) is 80.6 cm³/mol. The van der Waals surface area contributed by atoms with Crippen LogP contribution >= 0.6 is 11.3 Å². The molecule has 3 nitrogen and oxygen atoms in total. The van der Waals surface area contributed by atoms with Crippen LogP contribution in [0.2, 0.25) is 0 Å². The van der Waals surface area contributed by atoms with Crippen LogP contribution in [-0.2, 0) is 6.42 Å². The molecule has 2 N–H and O–H groups in total. The Hall–Kier alpha value is -0.450. The van der Waals surface area contributed by atoms with Crippen LogP contribution in [0.3, 0.4) is 0 Å². The van der Waals surface area contributed by atoms with Gasteiger partial charge in [0.15, 0.2) is 0 Å². The molecule has 106 valence electrons. The number of nitrogens with zero attached hydrogens (tertiary/aromatic N) is 1. The Labute approximate surface area is 120 Å². The molecule has 1 saturated heterocycles. The predicted octanol–water partition coefficient (Wildman–Crippen LogP) is 2.59. The highest BCUT2D eigenvalue weighted by molar-refractivity contribution is 7.09. The molecule has 19 heavy (non-hydrogen) atoms. The largest absolute Gasteiger partial charge is 0.314 e. The van der Waals surface area contributed by atoms with Crippen molar-refractivity contribution in [3.8, 4) is 0 Å². The standard InChI is InChI=1S/C15H25N3S/c1-2-8-16-13(5-1)12-4-3-6-14(12)17-9-7-15-18-10-11-19-15/h10-14,16-17H,1-9H2. The molecular weight excluding hydrogens is 254 g/mol. The van der Waals surface area contributed by atoms with E-state index in [1.807, 2.05) is 6.20 Å². The Morgan fingerprint density at radius 3 is 3.05 bits per heavy atom. The third kappa shape index (κ3) is 3.56. The summed E-state index contributed by atoms with van der Waals surface area (Å²) in [5.74, 6) is 0.858. The van der Waals surface area contributed by atoms with Gasteiger partial charge in [-0.05, 0) is 38.1 Å². The highest BCUT2D eigenvalue weighted by Gasteiger charge is 2.33. The Morgan fingerprint density at radius 1 is 1.26 bits per heavy atom. The first-order valence-corrected chi connectivity index (χ1v) is 8.66. The molecule has 4 heteroatoms. The third-order valence-electron chi connectivity index (χ3n) is 4.66. The minimum Gasteiger partial charge on any atom is -0.314 e. The van der Waals surface area contributed by atoms with Crippen LogP contribution in [0, 0.1) is 5.92 Å². The Kier molecular flexibility index (Phi) is 4.86. The van der Waals surface area contributed by atoms with Crippen molar-refractivity contribution in [2.24, 2.45) is 5.92 Å². The maximum absolute atomic E-state index is 4.36. The first-order valence-electron chi connectivity index (χ1n) is 7.78. The van der Waals surface area contributed by atoms with Crippen molar-refractivity contribution in [1.29, 1.82) is 0 Å². The topological polar surface area (TPSA) is 37.0 Å². The van der Waals surface area contributed by atoms with E-state index < -0.39 is 0 Å². The van der Waals surface area contributed by atoms with Gasteiger partial charge in [0.2, 0.25) is 0 Å². The molecule has 0 radical (unpaired) electrons. The number of aromatic nitrogens is 1. The van der Waals surface area contributed by atoms with Gasteiger partial charge in [0.1, 0.15) is 0 Å². The fourth-order valence-corrected chi connectivity index (χ4v) is 4.33. The van der Waals surface area contributed by atoms with E-state index >= 15 is 0 Å². The van der Waals surface area contributed by atoms with E-state index in [1.54, 1.807) is 11.3 Å². The number of hydrogen-bond acceptors (Lipinski definition) is 4. The van der Waals surface area contributed by atoms with Crippen molar-refractivity contribution >= 4 is 11.3 Å². The van der Waals surface area contributed by atoms with E-state index in [2.05, 4.69) is 21.0 Å². The maximum atomic E-state index is 4.36. The highest BCUT2D eigenvalue weighted by Crippen LogP contribution is 2.31. The molecule has 0 spiro atoms. The fraction of sp³-hybridized carbons (Fsp3) is 0.800. The normalized spacial score (nSPS) is 31.7. The van der Waals surface area contributed by atoms with Crippen molar-refractivity contribution in [3.63, 3.8) is 0 Å². The third-order valence-corrected chi connectivity index (χ3v) is 5.50. The summed E-state index contributed by atoms with van der Waals surface area (Å²) in [6.07, 6.45) is 11.3. The molecule has 0 aromatic carbocycles. The van der Waals surface area contributed by atoms with E-state index in [-0.39, 0.29) is 0 Å². The van der Waals surface area contributed by atoms with Crippen molar-refractivity contribution < 1.29 is 0 Å². The molecule has 1 aliphatic heterocycles. The second-order valence-corrected chi connectivity index (χ2v) is 6.87. The number of nitrogens with one attached hydrogen (secondary N) is 2. The Bertz CT molecular complexity index is 359. The van der Waals surface area contributed by atoms with Gasteiger partial charge in [0, 0.05) is 36.6 Å². The number of thiazole rings is 1. The molecule has 0 amide bonds. The van der Waals surface area contributed by atoms with E-state index in [0.717, 1.165) is 31.0 Å². The molecule has 1 aromatic rings. The van der Waals surface area contributed by atoms with Crippen molar-refractivity contribution in [2.45, 2.75) is 57.0 Å². The number of hydrogen-bond donors (Lipinski definition) is 2. The quantitative estimate of drug-likeness (QED) is 0.870. The van der Waals surface area contributed by atoms with Gasteiger partial charge < -0.3 is 10.6 Å². The van der Waals surface area contributed by atoms with E-state index in [9.17, 15) is 0 Å². The molecule has 2 fully saturated rings. The monoisotopic (exact) mass is 279 g/mol. The smallest absolute Gasteiger partial charge is 0.0937 e. The zero-order valence-electron chi connectivity index (χ0n) is 11.6. The molecule has 0 bridgehead atoms. The van der Waals surface area contributed by atoms with Gasteiger partial charge in [-0.3, -0.25) is 0 Å². The van der Waals surface area contributed by atoms with Gasteiger partial charge >= 0.3 is 0 Å². The molecule has 1 aromatic heterocycles. The minimum absolute atomic E-state index is 0.732. The van der Waals surface area contributed by atoms with Crippen molar-refractivity contribution in [1.82, 2.24) is 15.6 Å². The minimum atomic E-state index is 0.732. The summed E-state index contributed by atoms with van der Waals surface area (Å²) in [5, 5.41) is 10.9. The highest BCUT2D eigenvalue weighted by atomic mass is 32.1. The lowest BCUT2D eigenvalue weighted by Gasteiger charge is -2.33. The van der Waals surface area contributed by atoms with Crippen molar-refractivity contribution in [3.05, 3.63) is 16.6 Å². The lowest BCUT2D eigenvalue weighted by atomic mass is 9.88. The summed E-state index contributed by atoms with van der Waals surface area (Å²) < 4.78 is 0. The van der Waals surface area contributed by atoms with E-state index in [0.29, 0.717) is 0 Å².